The molecule has 1 aromatic heterocycles. The summed E-state index contributed by atoms with van der Waals surface area (Å²) in [7, 11) is -3.35. The zero-order chi connectivity index (χ0) is 12.6. The molecule has 1 aliphatic rings. The molecule has 0 aliphatic carbocycles. The lowest BCUT2D eigenvalue weighted by molar-refractivity contribution is 0.463. The van der Waals surface area contributed by atoms with Crippen LogP contribution in [0.3, 0.4) is 0 Å². The predicted molar refractivity (Wildman–Crippen MR) is 67.4 cm³/mol. The second-order valence-electron chi connectivity index (χ2n) is 4.77. The second-order valence-corrected chi connectivity index (χ2v) is 6.98. The van der Waals surface area contributed by atoms with E-state index in [1.807, 2.05) is 0 Å². The first-order chi connectivity index (χ1) is 7.95. The molecule has 0 spiro atoms. The van der Waals surface area contributed by atoms with Gasteiger partial charge >= 0.3 is 0 Å². The van der Waals surface area contributed by atoms with Gasteiger partial charge in [-0.25, -0.2) is 8.42 Å². The van der Waals surface area contributed by atoms with E-state index in [2.05, 4.69) is 18.8 Å². The van der Waals surface area contributed by atoms with Gasteiger partial charge in [0.05, 0.1) is 10.8 Å². The highest BCUT2D eigenvalue weighted by Crippen LogP contribution is 2.28. The highest BCUT2D eigenvalue weighted by Gasteiger charge is 2.35. The fourth-order valence-electron chi connectivity index (χ4n) is 2.07. The standard InChI is InChI=1S/C11H17ClN2O2S/c1-8-6-14(7-9(8)2)17(15,16)11-3-10(4-12)13-5-11/h3,5,8-9,13H,4,6-7H2,1-2H3. The minimum absolute atomic E-state index is 0.294. The molecular weight excluding hydrogens is 260 g/mol. The van der Waals surface area contributed by atoms with Gasteiger partial charge in [-0.15, -0.1) is 11.6 Å². The molecule has 0 radical (unpaired) electrons. The Morgan fingerprint density at radius 2 is 2.00 bits per heavy atom. The molecule has 2 heterocycles. The predicted octanol–water partition coefficient (Wildman–Crippen LogP) is 2.03. The summed E-state index contributed by atoms with van der Waals surface area (Å²) >= 11 is 5.66. The van der Waals surface area contributed by atoms with Gasteiger partial charge < -0.3 is 4.98 Å². The molecule has 4 nitrogen and oxygen atoms in total. The lowest BCUT2D eigenvalue weighted by Crippen LogP contribution is -2.28. The van der Waals surface area contributed by atoms with E-state index in [1.165, 1.54) is 6.20 Å². The van der Waals surface area contributed by atoms with Crippen LogP contribution in [0.25, 0.3) is 0 Å². The molecule has 1 aromatic rings. The molecule has 2 atom stereocenters. The Balaban J connectivity index is 2.25. The monoisotopic (exact) mass is 276 g/mol. The fourth-order valence-corrected chi connectivity index (χ4v) is 3.88. The van der Waals surface area contributed by atoms with E-state index in [-0.39, 0.29) is 0 Å². The normalized spacial score (nSPS) is 26.5. The summed E-state index contributed by atoms with van der Waals surface area (Å²) in [6.07, 6.45) is 1.51. The number of H-pyrrole nitrogens is 1. The first-order valence-corrected chi connectivity index (χ1v) is 7.66. The van der Waals surface area contributed by atoms with Crippen molar-refractivity contribution in [1.82, 2.24) is 9.29 Å². The van der Waals surface area contributed by atoms with Crippen molar-refractivity contribution in [3.63, 3.8) is 0 Å². The third-order valence-corrected chi connectivity index (χ3v) is 5.55. The first kappa shape index (κ1) is 12.9. The fraction of sp³-hybridized carbons (Fsp3) is 0.636. The summed E-state index contributed by atoms with van der Waals surface area (Å²) in [6, 6.07) is 1.61. The quantitative estimate of drug-likeness (QED) is 0.859. The van der Waals surface area contributed by atoms with Crippen molar-refractivity contribution in [2.24, 2.45) is 11.8 Å². The average Bonchev–Trinajstić information content (AvgIpc) is 2.87. The molecule has 0 aromatic carbocycles. The topological polar surface area (TPSA) is 53.2 Å². The van der Waals surface area contributed by atoms with Gasteiger partial charge in [0, 0.05) is 25.0 Å². The summed E-state index contributed by atoms with van der Waals surface area (Å²) in [4.78, 5) is 3.18. The molecule has 0 bridgehead atoms. The number of halogens is 1. The summed E-state index contributed by atoms with van der Waals surface area (Å²) in [5.41, 5.74) is 0.727. The number of alkyl halides is 1. The van der Waals surface area contributed by atoms with Crippen molar-refractivity contribution in [3.05, 3.63) is 18.0 Å². The number of hydrogen-bond donors (Lipinski definition) is 1. The van der Waals surface area contributed by atoms with Gasteiger partial charge in [0.2, 0.25) is 10.0 Å². The van der Waals surface area contributed by atoms with Crippen LogP contribution < -0.4 is 0 Å². The molecule has 1 fully saturated rings. The number of aromatic amines is 1. The lowest BCUT2D eigenvalue weighted by atomic mass is 10.0. The van der Waals surface area contributed by atoms with Gasteiger partial charge in [-0.3, -0.25) is 0 Å². The van der Waals surface area contributed by atoms with Crippen LogP contribution >= 0.6 is 11.6 Å². The summed E-state index contributed by atoms with van der Waals surface area (Å²) in [5.74, 6) is 1.12. The smallest absolute Gasteiger partial charge is 0.244 e. The van der Waals surface area contributed by atoms with Crippen LogP contribution in [-0.2, 0) is 15.9 Å². The van der Waals surface area contributed by atoms with Crippen LogP contribution in [0.4, 0.5) is 0 Å². The van der Waals surface area contributed by atoms with E-state index in [4.69, 9.17) is 11.6 Å². The zero-order valence-electron chi connectivity index (χ0n) is 9.98. The van der Waals surface area contributed by atoms with Gasteiger partial charge in [-0.05, 0) is 17.9 Å². The Kier molecular flexibility index (Phi) is 3.52. The van der Waals surface area contributed by atoms with E-state index in [0.717, 1.165) is 5.69 Å². The van der Waals surface area contributed by atoms with Gasteiger partial charge in [0.1, 0.15) is 0 Å². The molecule has 1 saturated heterocycles. The lowest BCUT2D eigenvalue weighted by Gasteiger charge is -2.14. The molecule has 2 rings (SSSR count). The van der Waals surface area contributed by atoms with Gasteiger partial charge in [-0.2, -0.15) is 4.31 Å². The largest absolute Gasteiger partial charge is 0.363 e. The SMILES string of the molecule is CC1CN(S(=O)(=O)c2c[nH]c(CCl)c2)CC1C. The molecule has 6 heteroatoms. The number of sulfonamides is 1. The van der Waals surface area contributed by atoms with Crippen LogP contribution in [-0.4, -0.2) is 30.8 Å². The van der Waals surface area contributed by atoms with Gasteiger partial charge in [0.15, 0.2) is 0 Å². The van der Waals surface area contributed by atoms with Crippen molar-refractivity contribution < 1.29 is 8.42 Å². The summed E-state index contributed by atoms with van der Waals surface area (Å²) in [5, 5.41) is 0. The van der Waals surface area contributed by atoms with Crippen molar-refractivity contribution in [2.75, 3.05) is 13.1 Å². The maximum absolute atomic E-state index is 12.3. The van der Waals surface area contributed by atoms with Crippen LogP contribution in [0.1, 0.15) is 19.5 Å². The molecular formula is C11H17ClN2O2S. The van der Waals surface area contributed by atoms with E-state index >= 15 is 0 Å². The molecule has 0 saturated carbocycles. The zero-order valence-corrected chi connectivity index (χ0v) is 11.6. The minimum Gasteiger partial charge on any atom is -0.363 e. The second kappa shape index (κ2) is 4.63. The Labute approximate surface area is 107 Å². The van der Waals surface area contributed by atoms with E-state index in [9.17, 15) is 8.42 Å². The van der Waals surface area contributed by atoms with Crippen LogP contribution in [0.15, 0.2) is 17.2 Å². The van der Waals surface area contributed by atoms with E-state index in [1.54, 1.807) is 10.4 Å². The van der Waals surface area contributed by atoms with E-state index < -0.39 is 10.0 Å². The number of nitrogens with one attached hydrogen (secondary N) is 1. The molecule has 17 heavy (non-hydrogen) atoms. The van der Waals surface area contributed by atoms with E-state index in [0.29, 0.717) is 35.7 Å². The summed E-state index contributed by atoms with van der Waals surface area (Å²) in [6.45, 7) is 5.37. The molecule has 0 amide bonds. The summed E-state index contributed by atoms with van der Waals surface area (Å²) < 4.78 is 26.2. The number of nitrogens with zero attached hydrogens (tertiary/aromatic N) is 1. The van der Waals surface area contributed by atoms with Crippen molar-refractivity contribution in [2.45, 2.75) is 24.6 Å². The van der Waals surface area contributed by atoms with Crippen molar-refractivity contribution in [1.29, 1.82) is 0 Å². The Morgan fingerprint density at radius 3 is 2.47 bits per heavy atom. The Hall–Kier alpha value is -0.520. The number of hydrogen-bond acceptors (Lipinski definition) is 2. The number of rotatable bonds is 3. The molecule has 1 N–H and O–H groups in total. The highest BCUT2D eigenvalue weighted by atomic mass is 35.5. The van der Waals surface area contributed by atoms with Crippen LogP contribution in [0, 0.1) is 11.8 Å². The van der Waals surface area contributed by atoms with Crippen molar-refractivity contribution in [3.8, 4) is 0 Å². The van der Waals surface area contributed by atoms with Crippen molar-refractivity contribution >= 4 is 21.6 Å². The average molecular weight is 277 g/mol. The Bertz CT molecular complexity index is 487. The minimum atomic E-state index is -3.35. The first-order valence-electron chi connectivity index (χ1n) is 5.68. The van der Waals surface area contributed by atoms with Gasteiger partial charge in [0.25, 0.3) is 0 Å². The molecule has 96 valence electrons. The molecule has 2 unspecified atom stereocenters. The maximum Gasteiger partial charge on any atom is 0.244 e. The maximum atomic E-state index is 12.3. The van der Waals surface area contributed by atoms with Crippen LogP contribution in [0.2, 0.25) is 0 Å². The number of aromatic nitrogens is 1. The highest BCUT2D eigenvalue weighted by molar-refractivity contribution is 7.89. The third kappa shape index (κ3) is 2.37. The Morgan fingerprint density at radius 1 is 1.41 bits per heavy atom. The molecule has 1 aliphatic heterocycles. The van der Waals surface area contributed by atoms with Gasteiger partial charge in [-0.1, -0.05) is 13.8 Å². The third-order valence-electron chi connectivity index (χ3n) is 3.45. The van der Waals surface area contributed by atoms with Crippen LogP contribution in [0.5, 0.6) is 0 Å².